The fourth-order valence-corrected chi connectivity index (χ4v) is 1.47. The molecule has 0 aromatic carbocycles. The first-order chi connectivity index (χ1) is 6.11. The normalized spacial score (nSPS) is 13.0. The van der Waals surface area contributed by atoms with Crippen LogP contribution in [0.3, 0.4) is 0 Å². The largest absolute Gasteiger partial charge is 0.359 e. The van der Waals surface area contributed by atoms with E-state index >= 15 is 0 Å². The van der Waals surface area contributed by atoms with Gasteiger partial charge in [-0.15, -0.1) is 0 Å². The van der Waals surface area contributed by atoms with E-state index in [1.807, 2.05) is 0 Å². The lowest BCUT2D eigenvalue weighted by molar-refractivity contribution is -0.120. The minimum atomic E-state index is 0.127. The average molecular weight is 186 g/mol. The van der Waals surface area contributed by atoms with Gasteiger partial charge in [-0.1, -0.05) is 13.8 Å². The lowest BCUT2D eigenvalue weighted by atomic mass is 9.88. The summed E-state index contributed by atoms with van der Waals surface area (Å²) < 4.78 is 0. The molecule has 13 heavy (non-hydrogen) atoms. The molecule has 0 bridgehead atoms. The third-order valence-corrected chi connectivity index (χ3v) is 2.50. The van der Waals surface area contributed by atoms with Gasteiger partial charge in [0.2, 0.25) is 5.91 Å². The van der Waals surface area contributed by atoms with Crippen LogP contribution in [0.2, 0.25) is 0 Å². The Labute approximate surface area is 81.1 Å². The van der Waals surface area contributed by atoms with Crippen LogP contribution in [0.5, 0.6) is 0 Å². The zero-order chi connectivity index (χ0) is 10.3. The van der Waals surface area contributed by atoms with Gasteiger partial charge in [-0.25, -0.2) is 0 Å². The summed E-state index contributed by atoms with van der Waals surface area (Å²) in [5.41, 5.74) is 5.51. The number of hydrogen-bond donors (Lipinski definition) is 2. The predicted molar refractivity (Wildman–Crippen MR) is 55.3 cm³/mol. The predicted octanol–water partition coefficient (Wildman–Crippen LogP) is 1.13. The third-order valence-electron chi connectivity index (χ3n) is 2.50. The van der Waals surface area contributed by atoms with Crippen molar-refractivity contribution in [3.05, 3.63) is 0 Å². The first-order valence-electron chi connectivity index (χ1n) is 5.02. The standard InChI is InChI=1S/C10H22N2O/c1-8(2)9(6-7-11)4-5-10(13)12-3/h8-9H,4-7,11H2,1-3H3,(H,12,13). The van der Waals surface area contributed by atoms with E-state index in [0.717, 1.165) is 19.4 Å². The molecule has 1 atom stereocenters. The molecule has 3 N–H and O–H groups in total. The van der Waals surface area contributed by atoms with Crippen molar-refractivity contribution in [3.8, 4) is 0 Å². The van der Waals surface area contributed by atoms with Gasteiger partial charge < -0.3 is 11.1 Å². The topological polar surface area (TPSA) is 55.1 Å². The summed E-state index contributed by atoms with van der Waals surface area (Å²) >= 11 is 0. The maximum atomic E-state index is 11.0. The monoisotopic (exact) mass is 186 g/mol. The molecule has 0 aliphatic heterocycles. The van der Waals surface area contributed by atoms with Gasteiger partial charge in [0.1, 0.15) is 0 Å². The van der Waals surface area contributed by atoms with Gasteiger partial charge in [-0.2, -0.15) is 0 Å². The van der Waals surface area contributed by atoms with E-state index in [4.69, 9.17) is 5.73 Å². The van der Waals surface area contributed by atoms with Crippen LogP contribution in [-0.4, -0.2) is 19.5 Å². The minimum absolute atomic E-state index is 0.127. The van der Waals surface area contributed by atoms with Crippen LogP contribution < -0.4 is 11.1 Å². The van der Waals surface area contributed by atoms with Crippen LogP contribution in [0.1, 0.15) is 33.1 Å². The molecule has 0 saturated heterocycles. The smallest absolute Gasteiger partial charge is 0.219 e. The van der Waals surface area contributed by atoms with Gasteiger partial charge in [0.15, 0.2) is 0 Å². The zero-order valence-electron chi connectivity index (χ0n) is 8.97. The van der Waals surface area contributed by atoms with Crippen molar-refractivity contribution in [3.63, 3.8) is 0 Å². The lowest BCUT2D eigenvalue weighted by Gasteiger charge is -2.19. The number of rotatable bonds is 6. The van der Waals surface area contributed by atoms with Gasteiger partial charge in [-0.05, 0) is 31.2 Å². The number of nitrogens with two attached hydrogens (primary N) is 1. The molecule has 3 nitrogen and oxygen atoms in total. The summed E-state index contributed by atoms with van der Waals surface area (Å²) in [6, 6.07) is 0. The molecular weight excluding hydrogens is 164 g/mol. The van der Waals surface area contributed by atoms with Crippen molar-refractivity contribution >= 4 is 5.91 Å². The molecule has 3 heteroatoms. The van der Waals surface area contributed by atoms with Gasteiger partial charge in [0, 0.05) is 13.5 Å². The molecule has 0 saturated carbocycles. The Kier molecular flexibility index (Phi) is 6.59. The Bertz CT molecular complexity index is 146. The summed E-state index contributed by atoms with van der Waals surface area (Å²) in [6.45, 7) is 5.09. The first kappa shape index (κ1) is 12.4. The minimum Gasteiger partial charge on any atom is -0.359 e. The molecule has 0 fully saturated rings. The van der Waals surface area contributed by atoms with Gasteiger partial charge in [0.05, 0.1) is 0 Å². The van der Waals surface area contributed by atoms with Gasteiger partial charge in [-0.3, -0.25) is 4.79 Å². The van der Waals surface area contributed by atoms with E-state index in [9.17, 15) is 4.79 Å². The van der Waals surface area contributed by atoms with E-state index in [2.05, 4.69) is 19.2 Å². The van der Waals surface area contributed by atoms with E-state index in [0.29, 0.717) is 18.3 Å². The van der Waals surface area contributed by atoms with Gasteiger partial charge >= 0.3 is 0 Å². The molecule has 0 radical (unpaired) electrons. The molecule has 0 aliphatic carbocycles. The highest BCUT2D eigenvalue weighted by Gasteiger charge is 2.13. The molecule has 0 spiro atoms. The van der Waals surface area contributed by atoms with Crippen molar-refractivity contribution in [2.45, 2.75) is 33.1 Å². The SMILES string of the molecule is CNC(=O)CCC(CCN)C(C)C. The fourth-order valence-electron chi connectivity index (χ4n) is 1.47. The van der Waals surface area contributed by atoms with Crippen molar-refractivity contribution < 1.29 is 4.79 Å². The molecule has 0 aliphatic rings. The van der Waals surface area contributed by atoms with Crippen molar-refractivity contribution in [1.29, 1.82) is 0 Å². The average Bonchev–Trinajstić information content (AvgIpc) is 2.11. The van der Waals surface area contributed by atoms with Crippen LogP contribution in [-0.2, 0) is 4.79 Å². The van der Waals surface area contributed by atoms with Crippen LogP contribution in [0.25, 0.3) is 0 Å². The van der Waals surface area contributed by atoms with E-state index in [1.165, 1.54) is 0 Å². The molecule has 0 aromatic heterocycles. The summed E-state index contributed by atoms with van der Waals surface area (Å²) in [5.74, 6) is 1.33. The number of carbonyl (C=O) groups excluding carboxylic acids is 1. The lowest BCUT2D eigenvalue weighted by Crippen LogP contribution is -2.21. The van der Waals surface area contributed by atoms with Crippen molar-refractivity contribution in [2.24, 2.45) is 17.6 Å². The number of hydrogen-bond acceptors (Lipinski definition) is 2. The Morgan fingerprint density at radius 2 is 2.00 bits per heavy atom. The summed E-state index contributed by atoms with van der Waals surface area (Å²) in [6.07, 6.45) is 2.60. The summed E-state index contributed by atoms with van der Waals surface area (Å²) in [5, 5.41) is 2.63. The van der Waals surface area contributed by atoms with Crippen LogP contribution in [0.15, 0.2) is 0 Å². The molecule has 1 amide bonds. The van der Waals surface area contributed by atoms with E-state index in [-0.39, 0.29) is 5.91 Å². The number of amides is 1. The zero-order valence-corrected chi connectivity index (χ0v) is 8.97. The number of carbonyl (C=O) groups is 1. The fraction of sp³-hybridized carbons (Fsp3) is 0.900. The maximum absolute atomic E-state index is 11.0. The van der Waals surface area contributed by atoms with Crippen molar-refractivity contribution in [1.82, 2.24) is 5.32 Å². The molecule has 0 heterocycles. The van der Waals surface area contributed by atoms with Crippen LogP contribution in [0.4, 0.5) is 0 Å². The maximum Gasteiger partial charge on any atom is 0.219 e. The quantitative estimate of drug-likeness (QED) is 0.653. The van der Waals surface area contributed by atoms with E-state index in [1.54, 1.807) is 7.05 Å². The summed E-state index contributed by atoms with van der Waals surface area (Å²) in [7, 11) is 1.68. The Balaban J connectivity index is 3.75. The molecule has 0 rings (SSSR count). The second-order valence-corrected chi connectivity index (χ2v) is 3.79. The highest BCUT2D eigenvalue weighted by Crippen LogP contribution is 2.19. The number of nitrogens with one attached hydrogen (secondary N) is 1. The van der Waals surface area contributed by atoms with E-state index < -0.39 is 0 Å². The van der Waals surface area contributed by atoms with Crippen molar-refractivity contribution in [2.75, 3.05) is 13.6 Å². The Morgan fingerprint density at radius 3 is 2.38 bits per heavy atom. The van der Waals surface area contributed by atoms with Crippen LogP contribution >= 0.6 is 0 Å². The second-order valence-electron chi connectivity index (χ2n) is 3.79. The Morgan fingerprint density at radius 1 is 1.38 bits per heavy atom. The first-order valence-corrected chi connectivity index (χ1v) is 5.02. The molecular formula is C10H22N2O. The molecule has 78 valence electrons. The molecule has 0 aromatic rings. The highest BCUT2D eigenvalue weighted by atomic mass is 16.1. The van der Waals surface area contributed by atoms with Crippen LogP contribution in [0, 0.1) is 11.8 Å². The summed E-state index contributed by atoms with van der Waals surface area (Å²) in [4.78, 5) is 11.0. The highest BCUT2D eigenvalue weighted by molar-refractivity contribution is 5.75. The Hall–Kier alpha value is -0.570. The second kappa shape index (κ2) is 6.89. The molecule has 1 unspecified atom stereocenters. The third kappa shape index (κ3) is 5.64. The van der Waals surface area contributed by atoms with Gasteiger partial charge in [0.25, 0.3) is 0 Å².